The van der Waals surface area contributed by atoms with Crippen LogP contribution in [0.15, 0.2) is 224 Å². The van der Waals surface area contributed by atoms with E-state index in [0.29, 0.717) is 0 Å². The zero-order chi connectivity index (χ0) is 45.5. The predicted octanol–water partition coefficient (Wildman–Crippen LogP) is 17.4. The summed E-state index contributed by atoms with van der Waals surface area (Å²) in [7, 11) is 0. The summed E-state index contributed by atoms with van der Waals surface area (Å²) >= 11 is 0. The van der Waals surface area contributed by atoms with E-state index in [1.54, 1.807) is 0 Å². The van der Waals surface area contributed by atoms with Crippen LogP contribution in [0.1, 0.15) is 72.2 Å². The molecule has 1 spiro atoms. The molecule has 0 aliphatic heterocycles. The van der Waals surface area contributed by atoms with Crippen molar-refractivity contribution in [2.24, 2.45) is 0 Å². The quantitative estimate of drug-likeness (QED) is 0.167. The van der Waals surface area contributed by atoms with E-state index in [1.165, 1.54) is 117 Å². The van der Waals surface area contributed by atoms with Crippen molar-refractivity contribution < 1.29 is 0 Å². The number of benzene rings is 10. The Morgan fingerprint density at radius 2 is 0.632 bits per heavy atom. The number of hydrogen-bond donors (Lipinski definition) is 0. The second-order valence-corrected chi connectivity index (χ2v) is 20.3. The molecule has 0 aromatic heterocycles. The first kappa shape index (κ1) is 39.2. The van der Waals surface area contributed by atoms with Gasteiger partial charge < -0.3 is 4.90 Å². The van der Waals surface area contributed by atoms with Crippen molar-refractivity contribution in [2.75, 3.05) is 4.90 Å². The van der Waals surface area contributed by atoms with Crippen LogP contribution in [0.25, 0.3) is 66.8 Å². The molecule has 1 heteroatoms. The molecule has 0 bridgehead atoms. The topological polar surface area (TPSA) is 3.24 Å². The van der Waals surface area contributed by atoms with Gasteiger partial charge in [0.2, 0.25) is 0 Å². The van der Waals surface area contributed by atoms with Crippen molar-refractivity contribution in [3.8, 4) is 66.8 Å². The highest BCUT2D eigenvalue weighted by Gasteiger charge is 2.52. The Morgan fingerprint density at radius 3 is 1.13 bits per heavy atom. The SMILES string of the molecule is CC1(C)c2cc(N(c3ccc4c(c3)C(C)(C)c3cccc(-c5ccccc5)c3-4)c3cccc4c3-c3ccccc3C43c4ccccc4-c4ccccc43)ccc2-c2c(-c3ccccc3)cccc21. The summed E-state index contributed by atoms with van der Waals surface area (Å²) in [6.45, 7) is 9.65. The minimum atomic E-state index is -0.453. The van der Waals surface area contributed by atoms with Gasteiger partial charge in [0.05, 0.1) is 11.1 Å². The number of nitrogens with zero attached hydrogens (tertiary/aromatic N) is 1. The van der Waals surface area contributed by atoms with E-state index in [1.807, 2.05) is 0 Å². The van der Waals surface area contributed by atoms with Crippen LogP contribution >= 0.6 is 0 Å². The van der Waals surface area contributed by atoms with Crippen LogP contribution in [0, 0.1) is 0 Å². The molecule has 0 radical (unpaired) electrons. The van der Waals surface area contributed by atoms with Gasteiger partial charge >= 0.3 is 0 Å². The molecule has 0 heterocycles. The fourth-order valence-electron chi connectivity index (χ4n) is 13.3. The monoisotopic (exact) mass is 867 g/mol. The molecule has 322 valence electrons. The second kappa shape index (κ2) is 14.0. The molecule has 0 saturated carbocycles. The fraction of sp³-hybridized carbons (Fsp3) is 0.104. The first-order chi connectivity index (χ1) is 33.3. The third-order valence-corrected chi connectivity index (χ3v) is 16.3. The van der Waals surface area contributed by atoms with Crippen LogP contribution in [0.3, 0.4) is 0 Å². The third-order valence-electron chi connectivity index (χ3n) is 16.3. The second-order valence-electron chi connectivity index (χ2n) is 20.3. The molecular formula is C67H49N. The summed E-state index contributed by atoms with van der Waals surface area (Å²) in [4.78, 5) is 2.59. The van der Waals surface area contributed by atoms with Crippen molar-refractivity contribution in [3.05, 3.63) is 269 Å². The molecule has 4 aliphatic carbocycles. The van der Waals surface area contributed by atoms with Crippen LogP contribution in [-0.4, -0.2) is 0 Å². The molecule has 0 unspecified atom stereocenters. The molecule has 0 amide bonds. The summed E-state index contributed by atoms with van der Waals surface area (Å²) < 4.78 is 0. The Kier molecular flexibility index (Phi) is 8.08. The van der Waals surface area contributed by atoms with Crippen LogP contribution in [0.5, 0.6) is 0 Å². The van der Waals surface area contributed by atoms with Gasteiger partial charge in [0.25, 0.3) is 0 Å². The Bertz CT molecular complexity index is 3540. The maximum absolute atomic E-state index is 2.59. The Balaban J connectivity index is 1.03. The molecule has 68 heavy (non-hydrogen) atoms. The van der Waals surface area contributed by atoms with Gasteiger partial charge in [-0.2, -0.15) is 0 Å². The van der Waals surface area contributed by atoms with Gasteiger partial charge in [-0.05, 0) is 136 Å². The number of hydrogen-bond acceptors (Lipinski definition) is 1. The smallest absolute Gasteiger partial charge is 0.0726 e. The molecule has 0 N–H and O–H groups in total. The third kappa shape index (κ3) is 5.06. The zero-order valence-electron chi connectivity index (χ0n) is 38.8. The van der Waals surface area contributed by atoms with E-state index < -0.39 is 5.41 Å². The highest BCUT2D eigenvalue weighted by Crippen LogP contribution is 2.65. The van der Waals surface area contributed by atoms with E-state index >= 15 is 0 Å². The summed E-state index contributed by atoms with van der Waals surface area (Å²) in [6.07, 6.45) is 0. The highest BCUT2D eigenvalue weighted by atomic mass is 15.1. The molecule has 1 nitrogen and oxygen atoms in total. The van der Waals surface area contributed by atoms with Crippen LogP contribution < -0.4 is 4.90 Å². The van der Waals surface area contributed by atoms with Crippen LogP contribution in [0.2, 0.25) is 0 Å². The van der Waals surface area contributed by atoms with Crippen molar-refractivity contribution in [1.82, 2.24) is 0 Å². The number of anilines is 3. The number of rotatable bonds is 5. The molecule has 4 aliphatic rings. The predicted molar refractivity (Wildman–Crippen MR) is 283 cm³/mol. The Labute approximate surface area is 399 Å². The van der Waals surface area contributed by atoms with Gasteiger partial charge in [0.1, 0.15) is 0 Å². The lowest BCUT2D eigenvalue weighted by molar-refractivity contribution is 0.660. The van der Waals surface area contributed by atoms with E-state index in [2.05, 4.69) is 257 Å². The van der Waals surface area contributed by atoms with Crippen LogP contribution in [-0.2, 0) is 16.2 Å². The Morgan fingerprint density at radius 1 is 0.265 bits per heavy atom. The normalized spacial score (nSPS) is 15.1. The molecule has 0 saturated heterocycles. The average Bonchev–Trinajstić information content (AvgIpc) is 4.02. The summed E-state index contributed by atoms with van der Waals surface area (Å²) in [5, 5.41) is 0. The minimum absolute atomic E-state index is 0.223. The summed E-state index contributed by atoms with van der Waals surface area (Å²) in [5.74, 6) is 0. The van der Waals surface area contributed by atoms with Crippen molar-refractivity contribution >= 4 is 17.1 Å². The van der Waals surface area contributed by atoms with E-state index in [4.69, 9.17) is 0 Å². The first-order valence-corrected chi connectivity index (χ1v) is 24.2. The minimum Gasteiger partial charge on any atom is -0.310 e. The highest BCUT2D eigenvalue weighted by molar-refractivity contribution is 6.03. The van der Waals surface area contributed by atoms with E-state index in [0.717, 1.165) is 11.4 Å². The van der Waals surface area contributed by atoms with Gasteiger partial charge in [0.15, 0.2) is 0 Å². The first-order valence-electron chi connectivity index (χ1n) is 24.2. The summed E-state index contributed by atoms with van der Waals surface area (Å²) in [6, 6.07) is 84.8. The zero-order valence-corrected chi connectivity index (χ0v) is 38.8. The van der Waals surface area contributed by atoms with Gasteiger partial charge in [-0.15, -0.1) is 0 Å². The van der Waals surface area contributed by atoms with Crippen molar-refractivity contribution in [2.45, 2.75) is 43.9 Å². The van der Waals surface area contributed by atoms with Crippen LogP contribution in [0.4, 0.5) is 17.1 Å². The average molecular weight is 868 g/mol. The Hall–Kier alpha value is -8.00. The lowest BCUT2D eigenvalue weighted by Crippen LogP contribution is -2.26. The van der Waals surface area contributed by atoms with Gasteiger partial charge in [-0.1, -0.05) is 222 Å². The largest absolute Gasteiger partial charge is 0.310 e. The van der Waals surface area contributed by atoms with Gasteiger partial charge in [0, 0.05) is 27.8 Å². The standard InChI is InChI=1S/C67H49N/c1-65(2)56-32-17-27-46(42-20-7-5-8-21-42)62(56)51-38-36-44(40-59(51)65)68(45-37-39-52-60(41-45)66(3,4)57-33-18-28-47(63(52)57)43-22-9-6-10-23-43)61-35-19-34-58-64(61)50-26-13-16-31-55(50)67(58)53-29-14-11-24-48(53)49-25-12-15-30-54(49)67/h5-41H,1-4H3. The fourth-order valence-corrected chi connectivity index (χ4v) is 13.3. The lowest BCUT2D eigenvalue weighted by Gasteiger charge is -2.33. The molecule has 0 atom stereocenters. The molecule has 14 rings (SSSR count). The molecule has 10 aromatic carbocycles. The van der Waals surface area contributed by atoms with Crippen molar-refractivity contribution in [3.63, 3.8) is 0 Å². The van der Waals surface area contributed by atoms with Gasteiger partial charge in [-0.3, -0.25) is 0 Å². The lowest BCUT2D eigenvalue weighted by atomic mass is 9.70. The summed E-state index contributed by atoms with van der Waals surface area (Å²) in [5.41, 5.74) is 29.0. The van der Waals surface area contributed by atoms with Gasteiger partial charge in [-0.25, -0.2) is 0 Å². The maximum atomic E-state index is 2.59. The van der Waals surface area contributed by atoms with E-state index in [-0.39, 0.29) is 10.8 Å². The molecule has 0 fully saturated rings. The molecular weight excluding hydrogens is 819 g/mol. The number of fused-ring (bicyclic) bond motifs is 16. The van der Waals surface area contributed by atoms with Crippen molar-refractivity contribution in [1.29, 1.82) is 0 Å². The molecule has 10 aromatic rings. The van der Waals surface area contributed by atoms with E-state index in [9.17, 15) is 0 Å². The maximum Gasteiger partial charge on any atom is 0.0726 e.